The number of esters is 1. The number of ether oxygens (including phenoxy) is 4. The lowest BCUT2D eigenvalue weighted by molar-refractivity contribution is -0.139. The highest BCUT2D eigenvalue weighted by molar-refractivity contribution is 9.10. The Labute approximate surface area is 234 Å². The van der Waals surface area contributed by atoms with Crippen LogP contribution in [0.25, 0.3) is 0 Å². The number of methoxy groups -OCH3 is 1. The number of carbonyl (C=O) groups is 3. The van der Waals surface area contributed by atoms with Crippen LogP contribution in [0.2, 0.25) is 0 Å². The first-order valence-corrected chi connectivity index (χ1v) is 12.7. The molecule has 39 heavy (non-hydrogen) atoms. The predicted molar refractivity (Wildman–Crippen MR) is 148 cm³/mol. The van der Waals surface area contributed by atoms with Crippen LogP contribution < -0.4 is 30.3 Å². The first kappa shape index (κ1) is 29.2. The van der Waals surface area contributed by atoms with Crippen LogP contribution in [-0.4, -0.2) is 51.1 Å². The minimum absolute atomic E-state index is 0.188. The summed E-state index contributed by atoms with van der Waals surface area (Å²) < 4.78 is 22.4. The van der Waals surface area contributed by atoms with Gasteiger partial charge in [-0.25, -0.2) is 15.0 Å². The molecule has 0 spiro atoms. The van der Waals surface area contributed by atoms with Crippen molar-refractivity contribution >= 4 is 40.1 Å². The summed E-state index contributed by atoms with van der Waals surface area (Å²) in [6, 6.07) is 9.02. The fraction of sp³-hybridized carbons (Fsp3) is 0.259. The van der Waals surface area contributed by atoms with Crippen molar-refractivity contribution in [3.05, 3.63) is 75.9 Å². The minimum Gasteiger partial charge on any atom is -0.493 e. The molecule has 0 aromatic heterocycles. The van der Waals surface area contributed by atoms with Crippen molar-refractivity contribution in [3.63, 3.8) is 0 Å². The highest BCUT2D eigenvalue weighted by Crippen LogP contribution is 2.34. The molecule has 1 heterocycles. The van der Waals surface area contributed by atoms with E-state index in [9.17, 15) is 14.4 Å². The number of carbonyl (C=O) groups excluding carboxylic acids is 3. The molecule has 0 saturated heterocycles. The van der Waals surface area contributed by atoms with E-state index in [1.807, 2.05) is 0 Å². The Morgan fingerprint density at radius 3 is 2.62 bits per heavy atom. The first-order chi connectivity index (χ1) is 18.8. The molecule has 0 fully saturated rings. The van der Waals surface area contributed by atoms with Gasteiger partial charge in [-0.15, -0.1) is 0 Å². The fourth-order valence-corrected chi connectivity index (χ4v) is 4.13. The SMILES string of the molecule is C=CCOc1ccc(/C=N\NC(=O)COc2ccc([C@H]3NC(=O)NC(C)=C3C(=O)OCC)cc2OC)cc1Br. The average molecular weight is 601 g/mol. The van der Waals surface area contributed by atoms with Gasteiger partial charge in [0.05, 0.1) is 36.0 Å². The number of hydrazone groups is 1. The molecule has 0 saturated carbocycles. The highest BCUT2D eigenvalue weighted by atomic mass is 79.9. The van der Waals surface area contributed by atoms with Crippen molar-refractivity contribution in [3.8, 4) is 17.2 Å². The lowest BCUT2D eigenvalue weighted by Crippen LogP contribution is -2.45. The smallest absolute Gasteiger partial charge is 0.338 e. The molecule has 206 valence electrons. The minimum atomic E-state index is -0.763. The zero-order chi connectivity index (χ0) is 28.4. The Morgan fingerprint density at radius 1 is 1.15 bits per heavy atom. The van der Waals surface area contributed by atoms with Crippen LogP contribution in [0.4, 0.5) is 4.79 Å². The summed E-state index contributed by atoms with van der Waals surface area (Å²) in [7, 11) is 1.44. The Balaban J connectivity index is 1.64. The van der Waals surface area contributed by atoms with Gasteiger partial charge in [0.1, 0.15) is 12.4 Å². The predicted octanol–water partition coefficient (Wildman–Crippen LogP) is 3.74. The summed E-state index contributed by atoms with van der Waals surface area (Å²) in [5, 5.41) is 9.26. The topological polar surface area (TPSA) is 137 Å². The van der Waals surface area contributed by atoms with Crippen molar-refractivity contribution in [2.45, 2.75) is 19.9 Å². The molecular formula is C27H29BrN4O7. The largest absolute Gasteiger partial charge is 0.493 e. The quantitative estimate of drug-likeness (QED) is 0.146. The van der Waals surface area contributed by atoms with Gasteiger partial charge in [0.15, 0.2) is 18.1 Å². The maximum atomic E-state index is 12.5. The third-order valence-corrected chi connectivity index (χ3v) is 5.98. The van der Waals surface area contributed by atoms with E-state index in [-0.39, 0.29) is 24.5 Å². The number of nitrogens with zero attached hydrogens (tertiary/aromatic N) is 1. The monoisotopic (exact) mass is 600 g/mol. The molecule has 0 unspecified atom stereocenters. The van der Waals surface area contributed by atoms with Gasteiger partial charge in [0, 0.05) is 5.70 Å². The molecular weight excluding hydrogens is 572 g/mol. The molecule has 11 nitrogen and oxygen atoms in total. The van der Waals surface area contributed by atoms with Gasteiger partial charge in [0.2, 0.25) is 0 Å². The normalized spacial score (nSPS) is 14.8. The van der Waals surface area contributed by atoms with Crippen LogP contribution in [0.15, 0.2) is 69.9 Å². The van der Waals surface area contributed by atoms with Gasteiger partial charge in [-0.1, -0.05) is 18.7 Å². The number of halogens is 1. The van der Waals surface area contributed by atoms with Crippen molar-refractivity contribution in [1.82, 2.24) is 16.1 Å². The van der Waals surface area contributed by atoms with Crippen LogP contribution >= 0.6 is 15.9 Å². The second-order valence-electron chi connectivity index (χ2n) is 8.07. The number of hydrogen-bond donors (Lipinski definition) is 3. The van der Waals surface area contributed by atoms with Crippen molar-refractivity contribution in [1.29, 1.82) is 0 Å². The fourth-order valence-electron chi connectivity index (χ4n) is 3.62. The van der Waals surface area contributed by atoms with Crippen LogP contribution in [0.3, 0.4) is 0 Å². The molecule has 1 aliphatic heterocycles. The maximum Gasteiger partial charge on any atom is 0.338 e. The molecule has 3 amide bonds. The third kappa shape index (κ3) is 7.84. The maximum absolute atomic E-state index is 12.5. The number of benzene rings is 2. The van der Waals surface area contributed by atoms with E-state index in [4.69, 9.17) is 18.9 Å². The molecule has 12 heteroatoms. The van der Waals surface area contributed by atoms with Crippen LogP contribution in [0.1, 0.15) is 31.0 Å². The van der Waals surface area contributed by atoms with E-state index < -0.39 is 23.9 Å². The summed E-state index contributed by atoms with van der Waals surface area (Å²) >= 11 is 3.43. The van der Waals surface area contributed by atoms with Crippen molar-refractivity contribution in [2.24, 2.45) is 5.10 Å². The molecule has 0 aliphatic carbocycles. The van der Waals surface area contributed by atoms with Crippen molar-refractivity contribution < 1.29 is 33.3 Å². The molecule has 3 N–H and O–H groups in total. The van der Waals surface area contributed by atoms with Gasteiger partial charge in [-0.05, 0) is 71.2 Å². The molecule has 2 aromatic carbocycles. The summed E-state index contributed by atoms with van der Waals surface area (Å²) in [4.78, 5) is 36.9. The summed E-state index contributed by atoms with van der Waals surface area (Å²) in [5.74, 6) is 0.221. The molecule has 0 bridgehead atoms. The van der Waals surface area contributed by atoms with Gasteiger partial charge in [-0.3, -0.25) is 4.79 Å². The standard InChI is InChI=1S/C27H29BrN4O7/c1-5-11-38-20-9-7-17(12-19(20)28)14-29-32-23(33)15-39-21-10-8-18(13-22(21)36-4)25-24(26(34)37-6-2)16(3)30-27(35)31-25/h5,7-10,12-14,25H,1,6,11,15H2,2-4H3,(H,32,33)(H2,30,31,35)/b29-14-/t25-/m1/s1. The zero-order valence-electron chi connectivity index (χ0n) is 21.7. The van der Waals surface area contributed by atoms with Crippen LogP contribution in [0, 0.1) is 0 Å². The number of rotatable bonds is 12. The van der Waals surface area contributed by atoms with Crippen LogP contribution in [0.5, 0.6) is 17.2 Å². The lowest BCUT2D eigenvalue weighted by Gasteiger charge is -2.28. The summed E-state index contributed by atoms with van der Waals surface area (Å²) in [6.45, 7) is 7.18. The Hall–Kier alpha value is -4.32. The number of amides is 3. The average Bonchev–Trinajstić information content (AvgIpc) is 2.91. The number of urea groups is 1. The third-order valence-electron chi connectivity index (χ3n) is 5.36. The Morgan fingerprint density at radius 2 is 1.92 bits per heavy atom. The lowest BCUT2D eigenvalue weighted by atomic mass is 9.95. The molecule has 0 radical (unpaired) electrons. The van der Waals surface area contributed by atoms with E-state index in [1.54, 1.807) is 56.3 Å². The molecule has 3 rings (SSSR count). The Bertz CT molecular complexity index is 1310. The second kappa shape index (κ2) is 14.0. The van der Waals surface area contributed by atoms with E-state index >= 15 is 0 Å². The van der Waals surface area contributed by atoms with Gasteiger partial charge < -0.3 is 29.6 Å². The highest BCUT2D eigenvalue weighted by Gasteiger charge is 2.32. The van der Waals surface area contributed by atoms with E-state index in [2.05, 4.69) is 43.7 Å². The van der Waals surface area contributed by atoms with E-state index in [1.165, 1.54) is 13.3 Å². The summed E-state index contributed by atoms with van der Waals surface area (Å²) in [5.41, 5.74) is 4.37. The van der Waals surface area contributed by atoms with Gasteiger partial charge in [0.25, 0.3) is 5.91 Å². The number of hydrogen-bond acceptors (Lipinski definition) is 8. The molecule has 1 aliphatic rings. The van der Waals surface area contributed by atoms with E-state index in [0.717, 1.165) is 10.0 Å². The molecule has 2 aromatic rings. The zero-order valence-corrected chi connectivity index (χ0v) is 23.3. The Kier molecular flexibility index (Phi) is 10.5. The van der Waals surface area contributed by atoms with Crippen molar-refractivity contribution in [2.75, 3.05) is 26.9 Å². The number of nitrogens with one attached hydrogen (secondary N) is 3. The summed E-state index contributed by atoms with van der Waals surface area (Å²) in [6.07, 6.45) is 3.14. The number of allylic oxidation sites excluding steroid dienone is 1. The second-order valence-corrected chi connectivity index (χ2v) is 8.93. The van der Waals surface area contributed by atoms with Gasteiger partial charge in [-0.2, -0.15) is 5.10 Å². The van der Waals surface area contributed by atoms with E-state index in [0.29, 0.717) is 29.4 Å². The first-order valence-electron chi connectivity index (χ1n) is 11.9. The van der Waals surface area contributed by atoms with Gasteiger partial charge >= 0.3 is 12.0 Å². The molecule has 1 atom stereocenters. The van der Waals surface area contributed by atoms with Crippen LogP contribution in [-0.2, 0) is 14.3 Å².